The Kier molecular flexibility index (Phi) is 4.62. The van der Waals surface area contributed by atoms with Crippen LogP contribution in [-0.2, 0) is 16.1 Å². The van der Waals surface area contributed by atoms with E-state index in [1.807, 2.05) is 44.2 Å². The Hall–Kier alpha value is -2.28. The molecular formula is C17H19N3O3S. The minimum atomic E-state index is -0.521. The normalized spacial score (nSPS) is 19.6. The second-order valence-electron chi connectivity index (χ2n) is 6.11. The Morgan fingerprint density at radius 2 is 2.17 bits per heavy atom. The van der Waals surface area contributed by atoms with Crippen LogP contribution in [0, 0.1) is 0 Å². The van der Waals surface area contributed by atoms with Crippen molar-refractivity contribution >= 4 is 23.6 Å². The van der Waals surface area contributed by atoms with Crippen molar-refractivity contribution in [2.45, 2.75) is 31.2 Å². The largest absolute Gasteiger partial charge is 0.359 e. The molecule has 1 atom stereocenters. The maximum atomic E-state index is 12.2. The summed E-state index contributed by atoms with van der Waals surface area (Å²) < 4.78 is 4.76. The fourth-order valence-electron chi connectivity index (χ4n) is 2.31. The van der Waals surface area contributed by atoms with Gasteiger partial charge in [-0.3, -0.25) is 9.59 Å². The van der Waals surface area contributed by atoms with E-state index in [-0.39, 0.29) is 18.4 Å². The molecule has 2 amide bonds. The van der Waals surface area contributed by atoms with Gasteiger partial charge in [-0.2, -0.15) is 0 Å². The number of benzene rings is 1. The van der Waals surface area contributed by atoms with E-state index in [1.54, 1.807) is 6.07 Å². The number of aromatic nitrogens is 1. The van der Waals surface area contributed by atoms with Crippen LogP contribution < -0.4 is 10.6 Å². The average Bonchev–Trinajstić information content (AvgIpc) is 3.05. The van der Waals surface area contributed by atoms with E-state index in [0.29, 0.717) is 11.5 Å². The molecule has 2 aromatic rings. The molecular weight excluding hydrogens is 326 g/mol. The minimum absolute atomic E-state index is 0.120. The number of carbonyl (C=O) groups excluding carboxylic acids is 2. The van der Waals surface area contributed by atoms with Gasteiger partial charge in [0.2, 0.25) is 11.8 Å². The van der Waals surface area contributed by atoms with Crippen molar-refractivity contribution in [2.75, 3.05) is 5.75 Å². The standard InChI is InChI=1S/C17H19N3O3S/c1-17(2)16(22)19-14(10-24-17)15(21)18-9-12-8-13(20-23-12)11-6-4-3-5-7-11/h3-8,14H,9-10H2,1-2H3,(H,18,21)(H,19,22)/t14-/m1/s1. The van der Waals surface area contributed by atoms with Gasteiger partial charge in [-0.15, -0.1) is 11.8 Å². The summed E-state index contributed by atoms with van der Waals surface area (Å²) in [6.45, 7) is 3.93. The number of nitrogens with one attached hydrogen (secondary N) is 2. The first-order chi connectivity index (χ1) is 11.5. The first kappa shape index (κ1) is 16.6. The summed E-state index contributed by atoms with van der Waals surface area (Å²) in [5, 5.41) is 9.54. The Bertz CT molecular complexity index is 743. The molecule has 1 saturated heterocycles. The van der Waals surface area contributed by atoms with Crippen LogP contribution in [0.2, 0.25) is 0 Å². The van der Waals surface area contributed by atoms with Gasteiger partial charge in [0, 0.05) is 17.4 Å². The van der Waals surface area contributed by atoms with E-state index >= 15 is 0 Å². The highest BCUT2D eigenvalue weighted by atomic mass is 32.2. The lowest BCUT2D eigenvalue weighted by molar-refractivity contribution is -0.129. The topological polar surface area (TPSA) is 84.2 Å². The van der Waals surface area contributed by atoms with Gasteiger partial charge in [0.05, 0.1) is 11.3 Å². The summed E-state index contributed by atoms with van der Waals surface area (Å²) in [4.78, 5) is 24.1. The molecule has 0 bridgehead atoms. The van der Waals surface area contributed by atoms with Crippen molar-refractivity contribution in [1.29, 1.82) is 0 Å². The van der Waals surface area contributed by atoms with Crippen LogP contribution in [0.5, 0.6) is 0 Å². The molecule has 2 N–H and O–H groups in total. The highest BCUT2D eigenvalue weighted by Crippen LogP contribution is 2.29. The van der Waals surface area contributed by atoms with Crippen LogP contribution in [-0.4, -0.2) is 33.5 Å². The third-order valence-corrected chi connectivity index (χ3v) is 5.25. The van der Waals surface area contributed by atoms with Crippen molar-refractivity contribution in [1.82, 2.24) is 15.8 Å². The van der Waals surface area contributed by atoms with Crippen LogP contribution in [0.1, 0.15) is 19.6 Å². The Balaban J connectivity index is 1.56. The van der Waals surface area contributed by atoms with Gasteiger partial charge in [-0.1, -0.05) is 35.5 Å². The van der Waals surface area contributed by atoms with Crippen LogP contribution in [0.3, 0.4) is 0 Å². The van der Waals surface area contributed by atoms with E-state index in [2.05, 4.69) is 15.8 Å². The zero-order chi connectivity index (χ0) is 17.2. The molecule has 0 saturated carbocycles. The zero-order valence-electron chi connectivity index (χ0n) is 13.5. The van der Waals surface area contributed by atoms with E-state index in [0.717, 1.165) is 11.3 Å². The van der Waals surface area contributed by atoms with Gasteiger partial charge in [-0.05, 0) is 13.8 Å². The summed E-state index contributed by atoms with van der Waals surface area (Å²) in [5.74, 6) is 0.780. The highest BCUT2D eigenvalue weighted by molar-refractivity contribution is 8.01. The number of hydrogen-bond donors (Lipinski definition) is 2. The number of hydrogen-bond acceptors (Lipinski definition) is 5. The van der Waals surface area contributed by atoms with Crippen LogP contribution in [0.15, 0.2) is 40.9 Å². The van der Waals surface area contributed by atoms with E-state index in [4.69, 9.17) is 4.52 Å². The molecule has 3 rings (SSSR count). The average molecular weight is 345 g/mol. The minimum Gasteiger partial charge on any atom is -0.359 e. The van der Waals surface area contributed by atoms with E-state index < -0.39 is 10.8 Å². The van der Waals surface area contributed by atoms with E-state index in [9.17, 15) is 9.59 Å². The fraction of sp³-hybridized carbons (Fsp3) is 0.353. The molecule has 0 spiro atoms. The number of amides is 2. The van der Waals surface area contributed by atoms with Crippen LogP contribution in [0.25, 0.3) is 11.3 Å². The first-order valence-electron chi connectivity index (χ1n) is 7.69. The lowest BCUT2D eigenvalue weighted by Gasteiger charge is -2.32. The molecule has 126 valence electrons. The van der Waals surface area contributed by atoms with Crippen molar-refractivity contribution < 1.29 is 14.1 Å². The van der Waals surface area contributed by atoms with Gasteiger partial charge in [-0.25, -0.2) is 0 Å². The molecule has 24 heavy (non-hydrogen) atoms. The van der Waals surface area contributed by atoms with Crippen molar-refractivity contribution in [3.8, 4) is 11.3 Å². The molecule has 1 aromatic carbocycles. The molecule has 1 aromatic heterocycles. The molecule has 7 heteroatoms. The Morgan fingerprint density at radius 1 is 1.42 bits per heavy atom. The summed E-state index contributed by atoms with van der Waals surface area (Å²) in [6.07, 6.45) is 0. The maximum Gasteiger partial charge on any atom is 0.243 e. The summed E-state index contributed by atoms with van der Waals surface area (Å²) >= 11 is 1.48. The fourth-order valence-corrected chi connectivity index (χ4v) is 3.32. The van der Waals surface area contributed by atoms with Crippen molar-refractivity contribution in [3.63, 3.8) is 0 Å². The molecule has 0 aliphatic carbocycles. The SMILES string of the molecule is CC1(C)SC[C@H](C(=O)NCc2cc(-c3ccccc3)no2)NC1=O. The van der Waals surface area contributed by atoms with Crippen molar-refractivity contribution in [3.05, 3.63) is 42.2 Å². The smallest absolute Gasteiger partial charge is 0.243 e. The lowest BCUT2D eigenvalue weighted by atomic mass is 10.1. The highest BCUT2D eigenvalue weighted by Gasteiger charge is 2.37. The summed E-state index contributed by atoms with van der Waals surface area (Å²) in [5.41, 5.74) is 1.68. The predicted octanol–water partition coefficient (Wildman–Crippen LogP) is 1.97. The zero-order valence-corrected chi connectivity index (χ0v) is 14.4. The lowest BCUT2D eigenvalue weighted by Crippen LogP contribution is -2.56. The van der Waals surface area contributed by atoms with Gasteiger partial charge >= 0.3 is 0 Å². The number of nitrogens with zero attached hydrogens (tertiary/aromatic N) is 1. The number of rotatable bonds is 4. The molecule has 1 aliphatic rings. The number of thioether (sulfide) groups is 1. The molecule has 0 unspecified atom stereocenters. The molecule has 1 fully saturated rings. The van der Waals surface area contributed by atoms with Gasteiger partial charge in [0.15, 0.2) is 5.76 Å². The predicted molar refractivity (Wildman–Crippen MR) is 92.3 cm³/mol. The summed E-state index contributed by atoms with van der Waals surface area (Å²) in [7, 11) is 0. The van der Waals surface area contributed by atoms with Gasteiger partial charge in [0.1, 0.15) is 11.7 Å². The quantitative estimate of drug-likeness (QED) is 0.885. The first-order valence-corrected chi connectivity index (χ1v) is 8.68. The van der Waals surface area contributed by atoms with Crippen molar-refractivity contribution in [2.24, 2.45) is 0 Å². The monoisotopic (exact) mass is 345 g/mol. The van der Waals surface area contributed by atoms with Crippen LogP contribution >= 0.6 is 11.8 Å². The maximum absolute atomic E-state index is 12.2. The third kappa shape index (κ3) is 3.62. The van der Waals surface area contributed by atoms with E-state index in [1.165, 1.54) is 11.8 Å². The van der Waals surface area contributed by atoms with Gasteiger partial charge < -0.3 is 15.2 Å². The molecule has 0 radical (unpaired) electrons. The second-order valence-corrected chi connectivity index (χ2v) is 7.75. The third-order valence-electron chi connectivity index (χ3n) is 3.84. The second kappa shape index (κ2) is 6.68. The van der Waals surface area contributed by atoms with Crippen LogP contribution in [0.4, 0.5) is 0 Å². The Morgan fingerprint density at radius 3 is 2.88 bits per heavy atom. The molecule has 6 nitrogen and oxygen atoms in total. The summed E-state index contributed by atoms with van der Waals surface area (Å²) in [6, 6.07) is 10.9. The molecule has 2 heterocycles. The van der Waals surface area contributed by atoms with Gasteiger partial charge in [0.25, 0.3) is 0 Å². The Labute approximate surface area is 144 Å². The molecule has 1 aliphatic heterocycles. The number of carbonyl (C=O) groups is 2.